The molecule has 116 valence electrons. The van der Waals surface area contributed by atoms with Gasteiger partial charge in [-0.25, -0.2) is 0 Å². The minimum atomic E-state index is 0.246. The van der Waals surface area contributed by atoms with E-state index in [-0.39, 0.29) is 6.04 Å². The van der Waals surface area contributed by atoms with Crippen molar-refractivity contribution in [1.82, 2.24) is 15.1 Å². The maximum atomic E-state index is 4.30. The summed E-state index contributed by atoms with van der Waals surface area (Å²) in [4.78, 5) is 2.53. The minimum Gasteiger partial charge on any atom is -0.360 e. The van der Waals surface area contributed by atoms with Crippen LogP contribution in [0, 0.1) is 13.8 Å². The average molecular weight is 296 g/mol. The zero-order valence-corrected chi connectivity index (χ0v) is 13.4. The Kier molecular flexibility index (Phi) is 4.68. The Morgan fingerprint density at radius 3 is 2.50 bits per heavy atom. The van der Waals surface area contributed by atoms with Crippen molar-refractivity contribution in [2.75, 3.05) is 25.0 Å². The van der Waals surface area contributed by atoms with Crippen molar-refractivity contribution in [1.29, 1.82) is 0 Å². The minimum absolute atomic E-state index is 0.246. The number of benzene rings is 1. The molecule has 0 bridgehead atoms. The average Bonchev–Trinajstić information content (AvgIpc) is 3.04. The first-order valence-electron chi connectivity index (χ1n) is 8.07. The van der Waals surface area contributed by atoms with E-state index < -0.39 is 0 Å². The predicted molar refractivity (Wildman–Crippen MR) is 90.0 cm³/mol. The number of hydrogen-bond donors (Lipinski definition) is 1. The molecular weight excluding hydrogens is 272 g/mol. The van der Waals surface area contributed by atoms with E-state index in [9.17, 15) is 0 Å². The first-order chi connectivity index (χ1) is 10.7. The van der Waals surface area contributed by atoms with Crippen LogP contribution in [0.2, 0.25) is 0 Å². The van der Waals surface area contributed by atoms with Crippen LogP contribution in [0.5, 0.6) is 0 Å². The Balaban J connectivity index is 1.79. The summed E-state index contributed by atoms with van der Waals surface area (Å²) in [5, 5.41) is 12.1. The topological polar surface area (TPSA) is 41.0 Å². The van der Waals surface area contributed by atoms with E-state index in [0.29, 0.717) is 0 Å². The molecule has 0 saturated carbocycles. The highest BCUT2D eigenvalue weighted by molar-refractivity contribution is 5.40. The van der Waals surface area contributed by atoms with Crippen molar-refractivity contribution in [3.63, 3.8) is 0 Å². The van der Waals surface area contributed by atoms with Gasteiger partial charge in [0.2, 0.25) is 0 Å². The molecule has 1 atom stereocenters. The van der Waals surface area contributed by atoms with Gasteiger partial charge in [0.05, 0.1) is 11.7 Å². The Bertz CT molecular complexity index is 606. The smallest absolute Gasteiger partial charge is 0.149 e. The van der Waals surface area contributed by atoms with Crippen molar-refractivity contribution in [2.45, 2.75) is 32.7 Å². The van der Waals surface area contributed by atoms with Crippen LogP contribution >= 0.6 is 0 Å². The van der Waals surface area contributed by atoms with Crippen LogP contribution in [0.1, 0.15) is 35.7 Å². The van der Waals surface area contributed by atoms with E-state index in [1.807, 2.05) is 6.92 Å². The van der Waals surface area contributed by atoms with Gasteiger partial charge >= 0.3 is 0 Å². The lowest BCUT2D eigenvalue weighted by molar-refractivity contribution is 0.323. The van der Waals surface area contributed by atoms with E-state index in [2.05, 4.69) is 63.7 Å². The Hall–Kier alpha value is -1.94. The SMILES string of the molecule is Cc1cc(NC(CN2CCCC2)c2ccccc2)nnc1C. The van der Waals surface area contributed by atoms with E-state index in [1.165, 1.54) is 37.1 Å². The summed E-state index contributed by atoms with van der Waals surface area (Å²) < 4.78 is 0. The Morgan fingerprint density at radius 2 is 1.82 bits per heavy atom. The second kappa shape index (κ2) is 6.88. The van der Waals surface area contributed by atoms with Crippen LogP contribution < -0.4 is 5.32 Å². The molecule has 1 aromatic carbocycles. The molecular formula is C18H24N4. The molecule has 2 aromatic rings. The molecule has 22 heavy (non-hydrogen) atoms. The van der Waals surface area contributed by atoms with Gasteiger partial charge < -0.3 is 10.2 Å². The number of rotatable bonds is 5. The van der Waals surface area contributed by atoms with Crippen LogP contribution in [-0.4, -0.2) is 34.7 Å². The fraction of sp³-hybridized carbons (Fsp3) is 0.444. The summed E-state index contributed by atoms with van der Waals surface area (Å²) in [6.45, 7) is 7.48. The second-order valence-corrected chi connectivity index (χ2v) is 6.11. The van der Waals surface area contributed by atoms with Crippen LogP contribution in [-0.2, 0) is 0 Å². The number of aromatic nitrogens is 2. The number of aryl methyl sites for hydroxylation is 2. The van der Waals surface area contributed by atoms with Gasteiger partial charge in [-0.3, -0.25) is 0 Å². The highest BCUT2D eigenvalue weighted by Gasteiger charge is 2.19. The fourth-order valence-corrected chi connectivity index (χ4v) is 2.94. The first kappa shape index (κ1) is 15.0. The molecule has 1 N–H and O–H groups in total. The largest absolute Gasteiger partial charge is 0.360 e. The third-order valence-electron chi connectivity index (χ3n) is 4.40. The molecule has 3 rings (SSSR count). The standard InChI is InChI=1S/C18H24N4/c1-14-12-18(21-20-15(14)2)19-17(13-22-10-6-7-11-22)16-8-4-3-5-9-16/h3-5,8-9,12,17H,6-7,10-11,13H2,1-2H3,(H,19,21). The van der Waals surface area contributed by atoms with E-state index in [0.717, 1.165) is 18.1 Å². The number of nitrogens with zero attached hydrogens (tertiary/aromatic N) is 3. The fourth-order valence-electron chi connectivity index (χ4n) is 2.94. The molecule has 1 fully saturated rings. The number of anilines is 1. The van der Waals surface area contributed by atoms with Gasteiger partial charge in [-0.05, 0) is 57.0 Å². The van der Waals surface area contributed by atoms with Gasteiger partial charge in [0, 0.05) is 6.54 Å². The molecule has 1 aliphatic heterocycles. The van der Waals surface area contributed by atoms with Gasteiger partial charge in [0.25, 0.3) is 0 Å². The molecule has 0 aliphatic carbocycles. The molecule has 1 saturated heterocycles. The third-order valence-corrected chi connectivity index (χ3v) is 4.40. The lowest BCUT2D eigenvalue weighted by atomic mass is 10.1. The monoisotopic (exact) mass is 296 g/mol. The molecule has 0 amide bonds. The van der Waals surface area contributed by atoms with Crippen LogP contribution in [0.25, 0.3) is 0 Å². The highest BCUT2D eigenvalue weighted by atomic mass is 15.2. The van der Waals surface area contributed by atoms with Gasteiger partial charge in [-0.2, -0.15) is 5.10 Å². The number of nitrogens with one attached hydrogen (secondary N) is 1. The van der Waals surface area contributed by atoms with Gasteiger partial charge in [-0.15, -0.1) is 5.10 Å². The van der Waals surface area contributed by atoms with Crippen LogP contribution in [0.3, 0.4) is 0 Å². The maximum Gasteiger partial charge on any atom is 0.149 e. The third kappa shape index (κ3) is 3.63. The Morgan fingerprint density at radius 1 is 1.09 bits per heavy atom. The second-order valence-electron chi connectivity index (χ2n) is 6.11. The molecule has 2 heterocycles. The molecule has 1 aromatic heterocycles. The normalized spacial score (nSPS) is 16.6. The summed E-state index contributed by atoms with van der Waals surface area (Å²) in [6, 6.07) is 13.0. The van der Waals surface area contributed by atoms with Crippen molar-refractivity contribution in [3.8, 4) is 0 Å². The maximum absolute atomic E-state index is 4.30. The summed E-state index contributed by atoms with van der Waals surface area (Å²) in [7, 11) is 0. The van der Waals surface area contributed by atoms with E-state index >= 15 is 0 Å². The summed E-state index contributed by atoms with van der Waals surface area (Å²) in [5.41, 5.74) is 3.46. The Labute approximate surface area is 132 Å². The number of likely N-dealkylation sites (tertiary alicyclic amines) is 1. The van der Waals surface area contributed by atoms with Crippen LogP contribution in [0.4, 0.5) is 5.82 Å². The lowest BCUT2D eigenvalue weighted by Crippen LogP contribution is -2.29. The summed E-state index contributed by atoms with van der Waals surface area (Å²) >= 11 is 0. The highest BCUT2D eigenvalue weighted by Crippen LogP contribution is 2.22. The zero-order valence-electron chi connectivity index (χ0n) is 13.4. The summed E-state index contributed by atoms with van der Waals surface area (Å²) in [6.07, 6.45) is 2.62. The first-order valence-corrected chi connectivity index (χ1v) is 8.07. The quantitative estimate of drug-likeness (QED) is 0.918. The van der Waals surface area contributed by atoms with Crippen molar-refractivity contribution in [3.05, 3.63) is 53.2 Å². The molecule has 4 nitrogen and oxygen atoms in total. The van der Waals surface area contributed by atoms with Crippen molar-refractivity contribution >= 4 is 5.82 Å². The molecule has 0 radical (unpaired) electrons. The molecule has 0 spiro atoms. The van der Waals surface area contributed by atoms with Crippen molar-refractivity contribution < 1.29 is 0 Å². The van der Waals surface area contributed by atoms with Gasteiger partial charge in [0.15, 0.2) is 0 Å². The summed E-state index contributed by atoms with van der Waals surface area (Å²) in [5.74, 6) is 0.858. The molecule has 1 unspecified atom stereocenters. The van der Waals surface area contributed by atoms with Gasteiger partial charge in [0.1, 0.15) is 5.82 Å². The molecule has 1 aliphatic rings. The lowest BCUT2D eigenvalue weighted by Gasteiger charge is -2.25. The zero-order chi connectivity index (χ0) is 15.4. The number of hydrogen-bond acceptors (Lipinski definition) is 4. The van der Waals surface area contributed by atoms with E-state index in [1.54, 1.807) is 0 Å². The predicted octanol–water partition coefficient (Wildman–Crippen LogP) is 3.34. The van der Waals surface area contributed by atoms with Crippen molar-refractivity contribution in [2.24, 2.45) is 0 Å². The van der Waals surface area contributed by atoms with Crippen LogP contribution in [0.15, 0.2) is 36.4 Å². The molecule has 4 heteroatoms. The van der Waals surface area contributed by atoms with Gasteiger partial charge in [-0.1, -0.05) is 30.3 Å². The van der Waals surface area contributed by atoms with E-state index in [4.69, 9.17) is 0 Å².